The van der Waals surface area contributed by atoms with Crippen molar-refractivity contribution in [3.63, 3.8) is 0 Å². The van der Waals surface area contributed by atoms with Gasteiger partial charge in [-0.05, 0) is 12.0 Å². The second-order valence-electron chi connectivity index (χ2n) is 3.50. The monoisotopic (exact) mass is 221 g/mol. The summed E-state index contributed by atoms with van der Waals surface area (Å²) in [6.07, 6.45) is 1.05. The average molecular weight is 221 g/mol. The molecule has 4 heteroatoms. The number of benzene rings is 1. The molecule has 0 aromatic heterocycles. The van der Waals surface area contributed by atoms with E-state index in [0.29, 0.717) is 18.4 Å². The van der Waals surface area contributed by atoms with Gasteiger partial charge in [0.2, 0.25) is 5.91 Å². The maximum atomic E-state index is 11.4. The van der Waals surface area contributed by atoms with E-state index in [-0.39, 0.29) is 5.91 Å². The van der Waals surface area contributed by atoms with E-state index in [0.717, 1.165) is 0 Å². The zero-order valence-corrected chi connectivity index (χ0v) is 9.14. The number of hydrogen-bond acceptors (Lipinski definition) is 2. The molecule has 0 unspecified atom stereocenters. The van der Waals surface area contributed by atoms with Gasteiger partial charge >= 0.3 is 5.97 Å². The number of nitrogens with one attached hydrogen (secondary N) is 1. The molecule has 86 valence electrons. The fourth-order valence-electron chi connectivity index (χ4n) is 1.39. The largest absolute Gasteiger partial charge is 0.479 e. The van der Waals surface area contributed by atoms with Crippen molar-refractivity contribution in [2.45, 2.75) is 25.8 Å². The highest BCUT2D eigenvalue weighted by atomic mass is 16.4. The third kappa shape index (κ3) is 3.38. The van der Waals surface area contributed by atoms with Crippen LogP contribution in [0, 0.1) is 0 Å². The first-order valence-corrected chi connectivity index (χ1v) is 5.22. The highest BCUT2D eigenvalue weighted by Gasteiger charge is 2.20. The molecule has 0 heterocycles. The van der Waals surface area contributed by atoms with E-state index in [1.807, 2.05) is 6.92 Å². The van der Waals surface area contributed by atoms with Crippen LogP contribution >= 0.6 is 0 Å². The first kappa shape index (κ1) is 12.2. The Bertz CT molecular complexity index is 362. The number of hydrogen-bond donors (Lipinski definition) is 2. The molecule has 0 radical (unpaired) electrons. The van der Waals surface area contributed by atoms with Crippen molar-refractivity contribution in [3.05, 3.63) is 35.9 Å². The highest BCUT2D eigenvalue weighted by Crippen LogP contribution is 2.12. The van der Waals surface area contributed by atoms with Crippen LogP contribution in [-0.4, -0.2) is 17.0 Å². The standard InChI is InChI=1S/C12H15NO3/c1-2-6-10(14)13-11(12(15)16)9-7-4-3-5-8-9/h3-5,7-8,11H,2,6H2,1H3,(H,13,14)(H,15,16)/t11-/m0/s1. The SMILES string of the molecule is CCCC(=O)N[C@H](C(=O)O)c1ccccc1. The van der Waals surface area contributed by atoms with E-state index < -0.39 is 12.0 Å². The first-order valence-electron chi connectivity index (χ1n) is 5.22. The molecule has 0 saturated carbocycles. The maximum Gasteiger partial charge on any atom is 0.330 e. The number of aliphatic carboxylic acids is 1. The highest BCUT2D eigenvalue weighted by molar-refractivity contribution is 5.84. The van der Waals surface area contributed by atoms with Gasteiger partial charge in [0.25, 0.3) is 0 Å². The van der Waals surface area contributed by atoms with E-state index in [1.54, 1.807) is 30.3 Å². The molecule has 1 atom stereocenters. The van der Waals surface area contributed by atoms with Gasteiger partial charge in [0.1, 0.15) is 0 Å². The van der Waals surface area contributed by atoms with Crippen LogP contribution in [0.2, 0.25) is 0 Å². The van der Waals surface area contributed by atoms with Gasteiger partial charge in [-0.2, -0.15) is 0 Å². The minimum Gasteiger partial charge on any atom is -0.479 e. The lowest BCUT2D eigenvalue weighted by atomic mass is 10.1. The molecule has 0 aliphatic heterocycles. The predicted molar refractivity (Wildman–Crippen MR) is 59.9 cm³/mol. The number of carboxylic acids is 1. The van der Waals surface area contributed by atoms with E-state index >= 15 is 0 Å². The number of carboxylic acid groups (broad SMARTS) is 1. The molecule has 0 spiro atoms. The van der Waals surface area contributed by atoms with Gasteiger partial charge < -0.3 is 10.4 Å². The van der Waals surface area contributed by atoms with Gasteiger partial charge in [-0.25, -0.2) is 4.79 Å². The molecule has 16 heavy (non-hydrogen) atoms. The molecule has 0 aliphatic carbocycles. The third-order valence-electron chi connectivity index (χ3n) is 2.16. The summed E-state index contributed by atoms with van der Waals surface area (Å²) >= 11 is 0. The van der Waals surface area contributed by atoms with Gasteiger partial charge in [0.05, 0.1) is 0 Å². The van der Waals surface area contributed by atoms with Gasteiger partial charge in [-0.15, -0.1) is 0 Å². The maximum absolute atomic E-state index is 11.4. The summed E-state index contributed by atoms with van der Waals surface area (Å²) in [7, 11) is 0. The van der Waals surface area contributed by atoms with Gasteiger partial charge in [-0.1, -0.05) is 37.3 Å². The molecule has 2 N–H and O–H groups in total. The van der Waals surface area contributed by atoms with Crippen LogP contribution < -0.4 is 5.32 Å². The number of rotatable bonds is 5. The van der Waals surface area contributed by atoms with Crippen LogP contribution in [0.1, 0.15) is 31.4 Å². The first-order chi connectivity index (χ1) is 7.65. The summed E-state index contributed by atoms with van der Waals surface area (Å²) in [6, 6.07) is 7.71. The lowest BCUT2D eigenvalue weighted by Gasteiger charge is -2.14. The minimum absolute atomic E-state index is 0.237. The van der Waals surface area contributed by atoms with Crippen molar-refractivity contribution < 1.29 is 14.7 Å². The molecule has 1 amide bonds. The Hall–Kier alpha value is -1.84. The molecule has 1 aromatic rings. The van der Waals surface area contributed by atoms with Crippen LogP contribution in [0.25, 0.3) is 0 Å². The Balaban J connectivity index is 2.77. The zero-order chi connectivity index (χ0) is 12.0. The van der Waals surface area contributed by atoms with Crippen LogP contribution in [0.4, 0.5) is 0 Å². The lowest BCUT2D eigenvalue weighted by molar-refractivity contribution is -0.142. The second kappa shape index (κ2) is 5.90. The quantitative estimate of drug-likeness (QED) is 0.795. The molecular formula is C12H15NO3. The lowest BCUT2D eigenvalue weighted by Crippen LogP contribution is -2.33. The summed E-state index contributed by atoms with van der Waals surface area (Å²) < 4.78 is 0. The molecule has 1 rings (SSSR count). The van der Waals surface area contributed by atoms with Crippen LogP contribution in [0.5, 0.6) is 0 Å². The Morgan fingerprint density at radius 1 is 1.31 bits per heavy atom. The fraction of sp³-hybridized carbons (Fsp3) is 0.333. The topological polar surface area (TPSA) is 66.4 Å². The van der Waals surface area contributed by atoms with Crippen molar-refractivity contribution in [3.8, 4) is 0 Å². The van der Waals surface area contributed by atoms with E-state index in [2.05, 4.69) is 5.32 Å². The molecule has 0 bridgehead atoms. The average Bonchev–Trinajstić information content (AvgIpc) is 2.27. The van der Waals surface area contributed by atoms with Crippen molar-refractivity contribution in [1.82, 2.24) is 5.32 Å². The summed E-state index contributed by atoms with van der Waals surface area (Å²) in [4.78, 5) is 22.4. The Morgan fingerprint density at radius 3 is 2.44 bits per heavy atom. The Morgan fingerprint density at radius 2 is 1.94 bits per heavy atom. The van der Waals surface area contributed by atoms with Gasteiger partial charge in [-0.3, -0.25) is 4.79 Å². The molecule has 0 saturated heterocycles. The zero-order valence-electron chi connectivity index (χ0n) is 9.14. The molecule has 0 fully saturated rings. The summed E-state index contributed by atoms with van der Waals surface area (Å²) in [5.74, 6) is -1.28. The molecule has 1 aromatic carbocycles. The van der Waals surface area contributed by atoms with Gasteiger partial charge in [0, 0.05) is 6.42 Å². The summed E-state index contributed by atoms with van der Waals surface area (Å²) in [6.45, 7) is 1.87. The molecular weight excluding hydrogens is 206 g/mol. The minimum atomic E-state index is -1.05. The number of amides is 1. The molecule has 0 aliphatic rings. The van der Waals surface area contributed by atoms with Crippen LogP contribution in [0.15, 0.2) is 30.3 Å². The smallest absolute Gasteiger partial charge is 0.330 e. The van der Waals surface area contributed by atoms with Crippen LogP contribution in [0.3, 0.4) is 0 Å². The fourth-order valence-corrected chi connectivity index (χ4v) is 1.39. The molecule has 4 nitrogen and oxygen atoms in total. The third-order valence-corrected chi connectivity index (χ3v) is 2.16. The van der Waals surface area contributed by atoms with Crippen molar-refractivity contribution in [2.75, 3.05) is 0 Å². The number of carbonyl (C=O) groups is 2. The second-order valence-corrected chi connectivity index (χ2v) is 3.50. The van der Waals surface area contributed by atoms with E-state index in [4.69, 9.17) is 5.11 Å². The summed E-state index contributed by atoms with van der Waals surface area (Å²) in [5, 5.41) is 11.5. The Kier molecular flexibility index (Phi) is 4.51. The van der Waals surface area contributed by atoms with Crippen molar-refractivity contribution in [1.29, 1.82) is 0 Å². The van der Waals surface area contributed by atoms with E-state index in [9.17, 15) is 9.59 Å². The van der Waals surface area contributed by atoms with Crippen molar-refractivity contribution in [2.24, 2.45) is 0 Å². The van der Waals surface area contributed by atoms with Crippen LogP contribution in [-0.2, 0) is 9.59 Å². The Labute approximate surface area is 94.3 Å². The number of carbonyl (C=O) groups excluding carboxylic acids is 1. The van der Waals surface area contributed by atoms with E-state index in [1.165, 1.54) is 0 Å². The predicted octanol–water partition coefficient (Wildman–Crippen LogP) is 1.73. The normalized spacial score (nSPS) is 11.8. The summed E-state index contributed by atoms with van der Waals surface area (Å²) in [5.41, 5.74) is 0.583. The van der Waals surface area contributed by atoms with Crippen molar-refractivity contribution >= 4 is 11.9 Å². The van der Waals surface area contributed by atoms with Gasteiger partial charge in [0.15, 0.2) is 6.04 Å².